The number of anilines is 1. The van der Waals surface area contributed by atoms with Crippen molar-refractivity contribution in [1.29, 1.82) is 0 Å². The van der Waals surface area contributed by atoms with Crippen LogP contribution in [0.4, 0.5) is 10.5 Å². The maximum atomic E-state index is 12.7. The molecule has 0 aliphatic carbocycles. The number of carbonyl (C=O) groups excluding carboxylic acids is 2. The standard InChI is InChI=1S/C26H24Cl2N2O6/c1-26(2)13-14-7-5-10-20(22(14)36-26)35-23-16(27)11-15(12-17(23)28)29-25(32)30-24(31)21-18(33-3)8-6-9-19(21)34-4/h5-12H,13H2,1-4H3,(H2,29,30,31,32). The number of ether oxygens (including phenoxy) is 4. The summed E-state index contributed by atoms with van der Waals surface area (Å²) in [5, 5.41) is 5.10. The van der Waals surface area contributed by atoms with Gasteiger partial charge in [0, 0.05) is 17.7 Å². The maximum absolute atomic E-state index is 12.7. The summed E-state index contributed by atoms with van der Waals surface area (Å²) in [5.41, 5.74) is 1.02. The molecule has 0 saturated carbocycles. The molecule has 0 spiro atoms. The summed E-state index contributed by atoms with van der Waals surface area (Å²) in [4.78, 5) is 25.2. The molecule has 4 rings (SSSR count). The fraction of sp³-hybridized carbons (Fsp3) is 0.231. The molecular weight excluding hydrogens is 507 g/mol. The van der Waals surface area contributed by atoms with Crippen molar-refractivity contribution in [3.05, 3.63) is 69.7 Å². The smallest absolute Gasteiger partial charge is 0.326 e. The van der Waals surface area contributed by atoms with Crippen molar-refractivity contribution < 1.29 is 28.5 Å². The Morgan fingerprint density at radius 1 is 0.944 bits per heavy atom. The van der Waals surface area contributed by atoms with E-state index in [9.17, 15) is 9.59 Å². The second-order valence-corrected chi connectivity index (χ2v) is 9.41. The fourth-order valence-corrected chi connectivity index (χ4v) is 4.47. The molecule has 0 radical (unpaired) electrons. The molecule has 3 amide bonds. The number of benzene rings is 3. The Hall–Kier alpha value is -3.62. The summed E-state index contributed by atoms with van der Waals surface area (Å²) in [5.74, 6) is 1.14. The average molecular weight is 531 g/mol. The number of halogens is 2. The van der Waals surface area contributed by atoms with Gasteiger partial charge in [0.1, 0.15) is 22.7 Å². The molecule has 0 aromatic heterocycles. The highest BCUT2D eigenvalue weighted by molar-refractivity contribution is 6.37. The molecule has 1 aliphatic heterocycles. The normalized spacial score (nSPS) is 13.3. The van der Waals surface area contributed by atoms with Gasteiger partial charge >= 0.3 is 6.03 Å². The summed E-state index contributed by atoms with van der Waals surface area (Å²) in [6, 6.07) is 12.6. The van der Waals surface area contributed by atoms with Crippen molar-refractivity contribution >= 4 is 40.8 Å². The van der Waals surface area contributed by atoms with Crippen LogP contribution in [-0.4, -0.2) is 31.8 Å². The van der Waals surface area contributed by atoms with Crippen LogP contribution in [0.5, 0.6) is 28.7 Å². The lowest BCUT2D eigenvalue weighted by Gasteiger charge is -2.19. The predicted octanol–water partition coefficient (Wildman–Crippen LogP) is 6.48. The highest BCUT2D eigenvalue weighted by atomic mass is 35.5. The second kappa shape index (κ2) is 10.2. The lowest BCUT2D eigenvalue weighted by atomic mass is 10.0. The Morgan fingerprint density at radius 2 is 1.53 bits per heavy atom. The van der Waals surface area contributed by atoms with E-state index in [4.69, 9.17) is 42.1 Å². The van der Waals surface area contributed by atoms with Crippen LogP contribution in [0.2, 0.25) is 10.0 Å². The van der Waals surface area contributed by atoms with Crippen LogP contribution in [0.15, 0.2) is 48.5 Å². The monoisotopic (exact) mass is 530 g/mol. The number of hydrogen-bond donors (Lipinski definition) is 2. The van der Waals surface area contributed by atoms with Crippen molar-refractivity contribution in [2.75, 3.05) is 19.5 Å². The molecule has 3 aromatic carbocycles. The van der Waals surface area contributed by atoms with E-state index in [1.165, 1.54) is 26.4 Å². The summed E-state index contributed by atoms with van der Waals surface area (Å²) in [6.07, 6.45) is 0.748. The van der Waals surface area contributed by atoms with Crippen LogP contribution in [0.1, 0.15) is 29.8 Å². The van der Waals surface area contributed by atoms with Gasteiger partial charge in [0.15, 0.2) is 17.2 Å². The Labute approximate surface area is 218 Å². The highest BCUT2D eigenvalue weighted by Crippen LogP contribution is 2.46. The Morgan fingerprint density at radius 3 is 2.14 bits per heavy atom. The van der Waals surface area contributed by atoms with Gasteiger partial charge in [0.2, 0.25) is 0 Å². The Kier molecular flexibility index (Phi) is 7.19. The molecule has 0 atom stereocenters. The molecule has 0 bridgehead atoms. The third-order valence-corrected chi connectivity index (χ3v) is 5.97. The number of urea groups is 1. The summed E-state index contributed by atoms with van der Waals surface area (Å²) < 4.78 is 22.5. The molecule has 0 unspecified atom stereocenters. The number of para-hydroxylation sites is 1. The van der Waals surface area contributed by atoms with Gasteiger partial charge in [-0.25, -0.2) is 4.79 Å². The van der Waals surface area contributed by atoms with Crippen LogP contribution in [0.25, 0.3) is 0 Å². The minimum absolute atomic E-state index is 0.0817. The zero-order valence-corrected chi connectivity index (χ0v) is 21.5. The van der Waals surface area contributed by atoms with Crippen molar-refractivity contribution in [3.63, 3.8) is 0 Å². The molecule has 0 saturated heterocycles. The van der Waals surface area contributed by atoms with Crippen molar-refractivity contribution in [3.8, 4) is 28.7 Å². The minimum atomic E-state index is -0.801. The van der Waals surface area contributed by atoms with E-state index in [-0.39, 0.29) is 44.1 Å². The molecule has 1 aliphatic rings. The summed E-state index contributed by atoms with van der Waals surface area (Å²) >= 11 is 12.9. The molecule has 2 N–H and O–H groups in total. The molecule has 1 heterocycles. The highest BCUT2D eigenvalue weighted by Gasteiger charge is 2.32. The van der Waals surface area contributed by atoms with Crippen molar-refractivity contribution in [2.24, 2.45) is 0 Å². The van der Waals surface area contributed by atoms with Gasteiger partial charge in [-0.05, 0) is 44.2 Å². The first kappa shape index (κ1) is 25.5. The predicted molar refractivity (Wildman–Crippen MR) is 137 cm³/mol. The van der Waals surface area contributed by atoms with Crippen LogP contribution in [-0.2, 0) is 6.42 Å². The van der Waals surface area contributed by atoms with Gasteiger partial charge in [-0.1, -0.05) is 41.4 Å². The number of imide groups is 1. The van der Waals surface area contributed by atoms with Gasteiger partial charge in [0.25, 0.3) is 5.91 Å². The van der Waals surface area contributed by atoms with Crippen molar-refractivity contribution in [1.82, 2.24) is 5.32 Å². The lowest BCUT2D eigenvalue weighted by Crippen LogP contribution is -2.34. The first-order valence-corrected chi connectivity index (χ1v) is 11.7. The molecule has 3 aromatic rings. The third kappa shape index (κ3) is 5.29. The Balaban J connectivity index is 1.49. The number of methoxy groups -OCH3 is 2. The van der Waals surface area contributed by atoms with Crippen LogP contribution < -0.4 is 29.6 Å². The average Bonchev–Trinajstić information content (AvgIpc) is 3.15. The largest absolute Gasteiger partial charge is 0.496 e. The first-order chi connectivity index (χ1) is 17.1. The molecule has 10 heteroatoms. The van der Waals surface area contributed by atoms with Gasteiger partial charge in [-0.15, -0.1) is 0 Å². The van der Waals surface area contributed by atoms with Crippen molar-refractivity contribution in [2.45, 2.75) is 25.9 Å². The van der Waals surface area contributed by atoms with Gasteiger partial charge < -0.3 is 24.3 Å². The second-order valence-electron chi connectivity index (χ2n) is 8.60. The summed E-state index contributed by atoms with van der Waals surface area (Å²) in [7, 11) is 2.83. The van der Waals surface area contributed by atoms with Crippen LogP contribution in [0, 0.1) is 0 Å². The first-order valence-electron chi connectivity index (χ1n) is 10.9. The van der Waals surface area contributed by atoms with E-state index < -0.39 is 11.9 Å². The number of rotatable bonds is 6. The van der Waals surface area contributed by atoms with Crippen LogP contribution in [0.3, 0.4) is 0 Å². The quantitative estimate of drug-likeness (QED) is 0.378. The van der Waals surface area contributed by atoms with E-state index in [1.54, 1.807) is 24.3 Å². The number of hydrogen-bond acceptors (Lipinski definition) is 6. The molecule has 36 heavy (non-hydrogen) atoms. The molecule has 0 fully saturated rings. The van der Waals surface area contributed by atoms with Gasteiger partial charge in [0.05, 0.1) is 24.3 Å². The third-order valence-electron chi connectivity index (χ3n) is 5.41. The minimum Gasteiger partial charge on any atom is -0.496 e. The van der Waals surface area contributed by atoms with E-state index in [2.05, 4.69) is 10.6 Å². The van der Waals surface area contributed by atoms with Gasteiger partial charge in [-0.3, -0.25) is 10.1 Å². The van der Waals surface area contributed by atoms with E-state index in [0.29, 0.717) is 11.5 Å². The number of carbonyl (C=O) groups is 2. The fourth-order valence-electron chi connectivity index (χ4n) is 3.91. The Bertz CT molecular complexity index is 1300. The number of amides is 3. The topological polar surface area (TPSA) is 95.1 Å². The number of nitrogens with one attached hydrogen (secondary N) is 2. The number of fused-ring (bicyclic) bond motifs is 1. The van der Waals surface area contributed by atoms with E-state index in [1.807, 2.05) is 26.0 Å². The van der Waals surface area contributed by atoms with Gasteiger partial charge in [-0.2, -0.15) is 0 Å². The maximum Gasteiger partial charge on any atom is 0.326 e. The zero-order valence-electron chi connectivity index (χ0n) is 20.0. The molecular formula is C26H24Cl2N2O6. The SMILES string of the molecule is COc1cccc(OC)c1C(=O)NC(=O)Nc1cc(Cl)c(Oc2cccc3c2OC(C)(C)C3)c(Cl)c1. The molecule has 8 nitrogen and oxygen atoms in total. The van der Waals surface area contributed by atoms with E-state index in [0.717, 1.165) is 12.0 Å². The summed E-state index contributed by atoms with van der Waals surface area (Å²) in [6.45, 7) is 3.99. The lowest BCUT2D eigenvalue weighted by molar-refractivity contribution is 0.0961. The van der Waals surface area contributed by atoms with Crippen LogP contribution >= 0.6 is 23.2 Å². The van der Waals surface area contributed by atoms with E-state index >= 15 is 0 Å². The molecule has 188 valence electrons. The zero-order chi connectivity index (χ0) is 26.0.